The maximum absolute atomic E-state index is 10.8. The highest BCUT2D eigenvalue weighted by molar-refractivity contribution is 5.37. The van der Waals surface area contributed by atoms with Gasteiger partial charge in [0.05, 0.1) is 13.7 Å². The van der Waals surface area contributed by atoms with Crippen LogP contribution in [0.5, 0.6) is 11.5 Å². The van der Waals surface area contributed by atoms with Crippen molar-refractivity contribution >= 4 is 0 Å². The van der Waals surface area contributed by atoms with E-state index in [1.807, 2.05) is 55.5 Å². The van der Waals surface area contributed by atoms with Crippen LogP contribution in [0.15, 0.2) is 72.8 Å². The maximum atomic E-state index is 10.8. The predicted molar refractivity (Wildman–Crippen MR) is 124 cm³/mol. The van der Waals surface area contributed by atoms with Crippen LogP contribution in [0.3, 0.4) is 0 Å². The lowest BCUT2D eigenvalue weighted by Gasteiger charge is -2.19. The molecule has 3 N–H and O–H groups in total. The van der Waals surface area contributed by atoms with Crippen molar-refractivity contribution in [2.45, 2.75) is 45.4 Å². The molecule has 0 spiro atoms. The Balaban J connectivity index is 0.00000363. The van der Waals surface area contributed by atoms with Crippen LogP contribution in [-0.4, -0.2) is 24.8 Å². The molecule has 32 heavy (non-hydrogen) atoms. The van der Waals surface area contributed by atoms with Gasteiger partial charge in [-0.05, 0) is 66.8 Å². The van der Waals surface area contributed by atoms with Crippen LogP contribution in [0.4, 0.5) is 0 Å². The fourth-order valence-corrected chi connectivity index (χ4v) is 3.70. The summed E-state index contributed by atoms with van der Waals surface area (Å²) in [7, 11) is 1.69. The molecule has 0 amide bonds. The minimum atomic E-state index is -0.515. The van der Waals surface area contributed by atoms with E-state index in [1.165, 1.54) is 5.56 Å². The minimum Gasteiger partial charge on any atom is -1.00 e. The summed E-state index contributed by atoms with van der Waals surface area (Å²) in [6.45, 7) is 5.61. The second-order valence-electron chi connectivity index (χ2n) is 8.08. The SMILES string of the molecule is COc1cccc(CCC[NH2+]C(C)C(O)c2ccc(OCc3ccccc3)c(C)c2)c1.[Cl-]. The molecular weight excluding hydrogens is 422 g/mol. The monoisotopic (exact) mass is 455 g/mol. The number of aryl methyl sites for hydroxylation is 2. The smallest absolute Gasteiger partial charge is 0.130 e. The number of hydrogen-bond acceptors (Lipinski definition) is 3. The third-order valence-corrected chi connectivity index (χ3v) is 5.62. The second-order valence-corrected chi connectivity index (χ2v) is 8.08. The molecule has 3 rings (SSSR count). The molecule has 4 nitrogen and oxygen atoms in total. The Kier molecular flexibility index (Phi) is 10.5. The molecule has 0 aromatic heterocycles. The normalized spacial score (nSPS) is 12.5. The van der Waals surface area contributed by atoms with E-state index in [4.69, 9.17) is 9.47 Å². The molecule has 0 radical (unpaired) electrons. The van der Waals surface area contributed by atoms with Gasteiger partial charge < -0.3 is 32.3 Å². The molecule has 2 atom stereocenters. The highest BCUT2D eigenvalue weighted by atomic mass is 35.5. The summed E-state index contributed by atoms with van der Waals surface area (Å²) in [6.07, 6.45) is 1.54. The number of nitrogens with two attached hydrogens (primary N) is 1. The van der Waals surface area contributed by atoms with E-state index in [-0.39, 0.29) is 18.4 Å². The van der Waals surface area contributed by atoms with Crippen molar-refractivity contribution in [1.82, 2.24) is 0 Å². The molecular formula is C27H34ClNO3. The van der Waals surface area contributed by atoms with Gasteiger partial charge in [0.15, 0.2) is 0 Å². The molecule has 2 unspecified atom stereocenters. The third kappa shape index (κ3) is 7.56. The first kappa shape index (κ1) is 25.7. The lowest BCUT2D eigenvalue weighted by Crippen LogP contribution is -3.00. The summed E-state index contributed by atoms with van der Waals surface area (Å²) in [5.41, 5.74) is 4.39. The van der Waals surface area contributed by atoms with Crippen molar-refractivity contribution in [2.75, 3.05) is 13.7 Å². The van der Waals surface area contributed by atoms with Gasteiger partial charge in [-0.25, -0.2) is 0 Å². The van der Waals surface area contributed by atoms with Crippen LogP contribution in [0, 0.1) is 6.92 Å². The Labute approximate surface area is 198 Å². The van der Waals surface area contributed by atoms with E-state index in [1.54, 1.807) is 7.11 Å². The molecule has 0 aliphatic rings. The molecule has 0 saturated heterocycles. The van der Waals surface area contributed by atoms with Crippen molar-refractivity contribution in [3.63, 3.8) is 0 Å². The standard InChI is InChI=1S/C27H33NO3.ClH/c1-20-17-24(14-15-26(20)31-19-23-9-5-4-6-10-23)27(29)21(2)28-16-8-12-22-11-7-13-25(18-22)30-3;/h4-7,9-11,13-15,17-18,21,27-29H,8,12,16,19H2,1-3H3;1H. The quantitative estimate of drug-likeness (QED) is 0.427. The summed E-state index contributed by atoms with van der Waals surface area (Å²) in [5, 5.41) is 13.0. The van der Waals surface area contributed by atoms with Gasteiger partial charge in [0.1, 0.15) is 30.3 Å². The van der Waals surface area contributed by atoms with Crippen LogP contribution in [-0.2, 0) is 13.0 Å². The molecule has 0 fully saturated rings. The first-order valence-electron chi connectivity index (χ1n) is 11.0. The molecule has 0 heterocycles. The number of aliphatic hydroxyl groups excluding tert-OH is 1. The molecule has 0 saturated carbocycles. The number of methoxy groups -OCH3 is 1. The Hall–Kier alpha value is -2.53. The number of hydrogen-bond donors (Lipinski definition) is 2. The van der Waals surface area contributed by atoms with E-state index < -0.39 is 6.10 Å². The molecule has 3 aromatic rings. The van der Waals surface area contributed by atoms with E-state index >= 15 is 0 Å². The van der Waals surface area contributed by atoms with E-state index in [0.29, 0.717) is 6.61 Å². The molecule has 0 aliphatic heterocycles. The average molecular weight is 456 g/mol. The van der Waals surface area contributed by atoms with Crippen molar-refractivity contribution in [3.05, 3.63) is 95.1 Å². The van der Waals surface area contributed by atoms with Gasteiger partial charge in [-0.1, -0.05) is 48.5 Å². The zero-order valence-electron chi connectivity index (χ0n) is 19.1. The Bertz CT molecular complexity index is 949. The van der Waals surface area contributed by atoms with Crippen molar-refractivity contribution < 1.29 is 32.3 Å². The fraction of sp³-hybridized carbons (Fsp3) is 0.333. The first-order valence-corrected chi connectivity index (χ1v) is 11.0. The second kappa shape index (κ2) is 13.1. The molecule has 3 aromatic carbocycles. The number of aliphatic hydroxyl groups is 1. The van der Waals surface area contributed by atoms with Crippen LogP contribution in [0.1, 0.15) is 41.7 Å². The zero-order valence-corrected chi connectivity index (χ0v) is 19.9. The van der Waals surface area contributed by atoms with Gasteiger partial charge in [0, 0.05) is 6.42 Å². The Morgan fingerprint density at radius 2 is 1.69 bits per heavy atom. The fourth-order valence-electron chi connectivity index (χ4n) is 3.70. The van der Waals surface area contributed by atoms with Crippen molar-refractivity contribution in [1.29, 1.82) is 0 Å². The summed E-state index contributed by atoms with van der Waals surface area (Å²) in [5.74, 6) is 1.76. The summed E-state index contributed by atoms with van der Waals surface area (Å²) in [6, 6.07) is 24.4. The van der Waals surface area contributed by atoms with Crippen molar-refractivity contribution in [3.8, 4) is 11.5 Å². The van der Waals surface area contributed by atoms with E-state index in [0.717, 1.165) is 47.6 Å². The minimum absolute atomic E-state index is 0. The first-order chi connectivity index (χ1) is 15.1. The van der Waals surface area contributed by atoms with Gasteiger partial charge in [0.2, 0.25) is 0 Å². The number of halogens is 1. The summed E-state index contributed by atoms with van der Waals surface area (Å²) >= 11 is 0. The number of benzene rings is 3. The maximum Gasteiger partial charge on any atom is 0.130 e. The number of rotatable bonds is 11. The largest absolute Gasteiger partial charge is 1.00 e. The zero-order chi connectivity index (χ0) is 22.1. The van der Waals surface area contributed by atoms with E-state index in [9.17, 15) is 5.11 Å². The molecule has 172 valence electrons. The van der Waals surface area contributed by atoms with Crippen LogP contribution in [0.25, 0.3) is 0 Å². The predicted octanol–water partition coefficient (Wildman–Crippen LogP) is 1.20. The van der Waals surface area contributed by atoms with Crippen LogP contribution >= 0.6 is 0 Å². The highest BCUT2D eigenvalue weighted by Crippen LogP contribution is 2.24. The average Bonchev–Trinajstić information content (AvgIpc) is 2.81. The third-order valence-electron chi connectivity index (χ3n) is 5.62. The molecule has 0 bridgehead atoms. The number of ether oxygens (including phenoxy) is 2. The summed E-state index contributed by atoms with van der Waals surface area (Å²) < 4.78 is 11.2. The van der Waals surface area contributed by atoms with Crippen molar-refractivity contribution in [2.24, 2.45) is 0 Å². The summed E-state index contributed by atoms with van der Waals surface area (Å²) in [4.78, 5) is 0. The molecule has 5 heteroatoms. The van der Waals surface area contributed by atoms with Crippen LogP contribution < -0.4 is 27.2 Å². The highest BCUT2D eigenvalue weighted by Gasteiger charge is 2.19. The van der Waals surface area contributed by atoms with Gasteiger partial charge in [-0.2, -0.15) is 0 Å². The Morgan fingerprint density at radius 1 is 0.938 bits per heavy atom. The Morgan fingerprint density at radius 3 is 2.41 bits per heavy atom. The lowest BCUT2D eigenvalue weighted by atomic mass is 10.0. The van der Waals surface area contributed by atoms with Gasteiger partial charge in [0.25, 0.3) is 0 Å². The van der Waals surface area contributed by atoms with E-state index in [2.05, 4.69) is 36.5 Å². The topological polar surface area (TPSA) is 55.3 Å². The van der Waals surface area contributed by atoms with Gasteiger partial charge >= 0.3 is 0 Å². The van der Waals surface area contributed by atoms with Crippen LogP contribution in [0.2, 0.25) is 0 Å². The lowest BCUT2D eigenvalue weighted by molar-refractivity contribution is -0.694. The molecule has 0 aliphatic carbocycles. The number of quaternary nitrogens is 1. The van der Waals surface area contributed by atoms with Gasteiger partial charge in [-0.15, -0.1) is 0 Å². The van der Waals surface area contributed by atoms with Gasteiger partial charge in [-0.3, -0.25) is 0 Å².